The Morgan fingerprint density at radius 1 is 1.00 bits per heavy atom. The third-order valence-corrected chi connectivity index (χ3v) is 3.89. The Balaban J connectivity index is 1.88. The van der Waals surface area contributed by atoms with Crippen LogP contribution >= 0.6 is 0 Å². The molecule has 2 aromatic carbocycles. The number of nitrogens with one attached hydrogen (secondary N) is 1. The summed E-state index contributed by atoms with van der Waals surface area (Å²) in [6.45, 7) is 1.89. The van der Waals surface area contributed by atoms with E-state index in [1.165, 1.54) is 5.39 Å². The Bertz CT molecular complexity index is 531. The molecule has 0 aliphatic carbocycles. The zero-order chi connectivity index (χ0) is 12.4. The van der Waals surface area contributed by atoms with Crippen molar-refractivity contribution in [2.45, 2.75) is 19.0 Å². The molecule has 1 heterocycles. The van der Waals surface area contributed by atoms with Crippen LogP contribution in [-0.2, 0) is 0 Å². The van der Waals surface area contributed by atoms with Gasteiger partial charge in [-0.15, -0.1) is 0 Å². The molecule has 0 bridgehead atoms. The van der Waals surface area contributed by atoms with Crippen molar-refractivity contribution in [1.29, 1.82) is 0 Å². The number of piperidine rings is 1. The first kappa shape index (κ1) is 11.7. The Morgan fingerprint density at radius 3 is 2.50 bits per heavy atom. The Kier molecular flexibility index (Phi) is 3.28. The van der Waals surface area contributed by atoms with Crippen molar-refractivity contribution < 1.29 is 4.39 Å². The SMILES string of the molecule is FC(c1ccc2ccccc2c1)C1CCNCC1. The Labute approximate surface area is 107 Å². The van der Waals surface area contributed by atoms with Gasteiger partial charge >= 0.3 is 0 Å². The van der Waals surface area contributed by atoms with Gasteiger partial charge in [0.25, 0.3) is 0 Å². The summed E-state index contributed by atoms with van der Waals surface area (Å²) in [7, 11) is 0. The zero-order valence-electron chi connectivity index (χ0n) is 10.4. The van der Waals surface area contributed by atoms with Crippen LogP contribution in [0.25, 0.3) is 10.8 Å². The predicted octanol–water partition coefficient (Wildman–Crippen LogP) is 3.85. The quantitative estimate of drug-likeness (QED) is 0.844. The maximum Gasteiger partial charge on any atom is 0.128 e. The molecule has 1 N–H and O–H groups in total. The maximum absolute atomic E-state index is 14.5. The van der Waals surface area contributed by atoms with E-state index in [0.29, 0.717) is 0 Å². The van der Waals surface area contributed by atoms with Crippen LogP contribution in [-0.4, -0.2) is 13.1 Å². The summed E-state index contributed by atoms with van der Waals surface area (Å²) in [4.78, 5) is 0. The van der Waals surface area contributed by atoms with Crippen LogP contribution in [0, 0.1) is 5.92 Å². The molecule has 94 valence electrons. The highest BCUT2D eigenvalue weighted by molar-refractivity contribution is 5.83. The second-order valence-corrected chi connectivity index (χ2v) is 5.10. The number of halogens is 1. The molecule has 18 heavy (non-hydrogen) atoms. The molecule has 1 aliphatic rings. The second-order valence-electron chi connectivity index (χ2n) is 5.10. The van der Waals surface area contributed by atoms with E-state index in [2.05, 4.69) is 11.4 Å². The van der Waals surface area contributed by atoms with Crippen molar-refractivity contribution in [1.82, 2.24) is 5.32 Å². The van der Waals surface area contributed by atoms with Crippen LogP contribution in [0.3, 0.4) is 0 Å². The summed E-state index contributed by atoms with van der Waals surface area (Å²) in [5.41, 5.74) is 0.834. The van der Waals surface area contributed by atoms with Crippen LogP contribution < -0.4 is 5.32 Å². The van der Waals surface area contributed by atoms with Gasteiger partial charge in [-0.1, -0.05) is 36.4 Å². The van der Waals surface area contributed by atoms with E-state index >= 15 is 0 Å². The molecule has 2 aromatic rings. The highest BCUT2D eigenvalue weighted by Gasteiger charge is 2.24. The van der Waals surface area contributed by atoms with Gasteiger partial charge in [0.1, 0.15) is 6.17 Å². The number of alkyl halides is 1. The van der Waals surface area contributed by atoms with Gasteiger partial charge in [-0.25, -0.2) is 4.39 Å². The van der Waals surface area contributed by atoms with E-state index in [1.807, 2.05) is 36.4 Å². The van der Waals surface area contributed by atoms with Crippen LogP contribution in [0.2, 0.25) is 0 Å². The first-order valence-corrected chi connectivity index (χ1v) is 6.68. The summed E-state index contributed by atoms with van der Waals surface area (Å²) in [5.74, 6) is 0.174. The normalized spacial score (nSPS) is 18.9. The molecular weight excluding hydrogens is 225 g/mol. The van der Waals surface area contributed by atoms with E-state index in [9.17, 15) is 4.39 Å². The topological polar surface area (TPSA) is 12.0 Å². The lowest BCUT2D eigenvalue weighted by atomic mass is 9.88. The zero-order valence-corrected chi connectivity index (χ0v) is 10.4. The Morgan fingerprint density at radius 2 is 1.72 bits per heavy atom. The lowest BCUT2D eigenvalue weighted by molar-refractivity contribution is 0.190. The third kappa shape index (κ3) is 2.25. The molecule has 2 heteroatoms. The number of benzene rings is 2. The minimum atomic E-state index is -0.822. The highest BCUT2D eigenvalue weighted by atomic mass is 19.1. The molecule has 1 atom stereocenters. The van der Waals surface area contributed by atoms with Crippen LogP contribution in [0.5, 0.6) is 0 Å². The lowest BCUT2D eigenvalue weighted by Gasteiger charge is -2.26. The molecule has 1 saturated heterocycles. The summed E-state index contributed by atoms with van der Waals surface area (Å²) >= 11 is 0. The van der Waals surface area contributed by atoms with E-state index in [-0.39, 0.29) is 5.92 Å². The van der Waals surface area contributed by atoms with Gasteiger partial charge in [0, 0.05) is 0 Å². The molecular formula is C16H18FN. The minimum Gasteiger partial charge on any atom is -0.317 e. The van der Waals surface area contributed by atoms with E-state index < -0.39 is 6.17 Å². The van der Waals surface area contributed by atoms with Gasteiger partial charge in [-0.2, -0.15) is 0 Å². The standard InChI is InChI=1S/C16H18FN/c17-16(13-7-9-18-10-8-13)15-6-5-12-3-1-2-4-14(12)11-15/h1-6,11,13,16,18H,7-10H2. The summed E-state index contributed by atoms with van der Waals surface area (Å²) < 4.78 is 14.5. The smallest absolute Gasteiger partial charge is 0.128 e. The van der Waals surface area contributed by atoms with E-state index in [0.717, 1.165) is 36.9 Å². The molecule has 0 spiro atoms. The van der Waals surface area contributed by atoms with Crippen molar-refractivity contribution >= 4 is 10.8 Å². The number of rotatable bonds is 2. The van der Waals surface area contributed by atoms with Crippen molar-refractivity contribution in [3.63, 3.8) is 0 Å². The van der Waals surface area contributed by atoms with Crippen LogP contribution in [0.15, 0.2) is 42.5 Å². The number of hydrogen-bond acceptors (Lipinski definition) is 1. The van der Waals surface area contributed by atoms with E-state index in [4.69, 9.17) is 0 Å². The van der Waals surface area contributed by atoms with Crippen LogP contribution in [0.1, 0.15) is 24.6 Å². The number of fused-ring (bicyclic) bond motifs is 1. The first-order chi connectivity index (χ1) is 8.84. The van der Waals surface area contributed by atoms with Crippen molar-refractivity contribution in [3.8, 4) is 0 Å². The molecule has 0 saturated carbocycles. The lowest BCUT2D eigenvalue weighted by Crippen LogP contribution is -2.29. The van der Waals surface area contributed by atoms with Gasteiger partial charge in [0.2, 0.25) is 0 Å². The minimum absolute atomic E-state index is 0.174. The molecule has 0 radical (unpaired) electrons. The summed E-state index contributed by atoms with van der Waals surface area (Å²) in [5, 5.41) is 5.59. The monoisotopic (exact) mass is 243 g/mol. The van der Waals surface area contributed by atoms with E-state index in [1.54, 1.807) is 0 Å². The van der Waals surface area contributed by atoms with Gasteiger partial charge in [0.15, 0.2) is 0 Å². The third-order valence-electron chi connectivity index (χ3n) is 3.89. The van der Waals surface area contributed by atoms with Gasteiger partial charge in [-0.05, 0) is 54.3 Å². The number of hydrogen-bond donors (Lipinski definition) is 1. The molecule has 1 unspecified atom stereocenters. The average Bonchev–Trinajstić information content (AvgIpc) is 2.47. The summed E-state index contributed by atoms with van der Waals surface area (Å²) in [6.07, 6.45) is 1.05. The van der Waals surface area contributed by atoms with Crippen molar-refractivity contribution in [2.24, 2.45) is 5.92 Å². The molecule has 1 aliphatic heterocycles. The largest absolute Gasteiger partial charge is 0.317 e. The predicted molar refractivity (Wildman–Crippen MR) is 73.4 cm³/mol. The molecule has 3 rings (SSSR count). The average molecular weight is 243 g/mol. The van der Waals surface area contributed by atoms with Gasteiger partial charge in [-0.3, -0.25) is 0 Å². The fourth-order valence-electron chi connectivity index (χ4n) is 2.79. The Hall–Kier alpha value is -1.41. The molecule has 0 aromatic heterocycles. The molecule has 1 nitrogen and oxygen atoms in total. The van der Waals surface area contributed by atoms with Crippen LogP contribution in [0.4, 0.5) is 4.39 Å². The fraction of sp³-hybridized carbons (Fsp3) is 0.375. The first-order valence-electron chi connectivity index (χ1n) is 6.68. The molecule has 0 amide bonds. The van der Waals surface area contributed by atoms with Crippen molar-refractivity contribution in [3.05, 3.63) is 48.0 Å². The van der Waals surface area contributed by atoms with Gasteiger partial charge < -0.3 is 5.32 Å². The summed E-state index contributed by atoms with van der Waals surface area (Å²) in [6, 6.07) is 14.1. The highest BCUT2D eigenvalue weighted by Crippen LogP contribution is 2.33. The second kappa shape index (κ2) is 5.07. The fourth-order valence-corrected chi connectivity index (χ4v) is 2.79. The van der Waals surface area contributed by atoms with Crippen molar-refractivity contribution in [2.75, 3.05) is 13.1 Å². The molecule has 1 fully saturated rings. The maximum atomic E-state index is 14.5. The van der Waals surface area contributed by atoms with Gasteiger partial charge in [0.05, 0.1) is 0 Å².